The van der Waals surface area contributed by atoms with E-state index >= 15 is 28.8 Å². The predicted molar refractivity (Wildman–Crippen MR) is 455 cm³/mol. The lowest BCUT2D eigenvalue weighted by atomic mass is 9.86. The van der Waals surface area contributed by atoms with Gasteiger partial charge in [0.05, 0.1) is 41.3 Å². The molecule has 38 heteroatoms. The van der Waals surface area contributed by atoms with Crippen LogP contribution in [0.25, 0.3) is 11.1 Å². The first-order chi connectivity index (χ1) is 60.4. The number of carbonyl (C=O) groups is 9. The van der Waals surface area contributed by atoms with Gasteiger partial charge < -0.3 is 138 Å². The highest BCUT2D eigenvalue weighted by Gasteiger charge is 2.52. The van der Waals surface area contributed by atoms with Gasteiger partial charge in [-0.3, -0.25) is 43.2 Å². The molecular formula is C89H97Cl2N11O25. The maximum Gasteiger partial charge on any atom is 0.256 e. The Bertz CT molecular complexity index is 5560. The molecule has 8 aromatic rings. The number of aliphatic hydroxyl groups is 6. The van der Waals surface area contributed by atoms with Crippen molar-refractivity contribution in [1.82, 2.24) is 42.5 Å². The fourth-order valence-electron chi connectivity index (χ4n) is 15.8. The molecule has 1 unspecified atom stereocenters. The third-order valence-corrected chi connectivity index (χ3v) is 23.1. The average molecular weight is 1790 g/mol. The molecule has 0 aromatic heterocycles. The Morgan fingerprint density at radius 1 is 0.661 bits per heavy atom. The monoisotopic (exact) mass is 1790 g/mol. The molecule has 36 nitrogen and oxygen atoms in total. The van der Waals surface area contributed by atoms with Crippen LogP contribution in [0.1, 0.15) is 138 Å². The number of amides is 9. The molecule has 11 bridgehead atoms. The number of nitrogens with two attached hydrogens (primary N) is 2. The van der Waals surface area contributed by atoms with Crippen LogP contribution in [0, 0.1) is 19.8 Å². The highest BCUT2D eigenvalue weighted by molar-refractivity contribution is 6.32. The molecule has 2 fully saturated rings. The lowest BCUT2D eigenvalue weighted by Gasteiger charge is -2.47. The van der Waals surface area contributed by atoms with E-state index in [0.717, 1.165) is 71.8 Å². The Morgan fingerprint density at radius 2 is 1.31 bits per heavy atom. The number of ether oxygens (including phenoxy) is 7. The maximum absolute atomic E-state index is 16.4. The van der Waals surface area contributed by atoms with E-state index < -0.39 is 243 Å². The fourth-order valence-corrected chi connectivity index (χ4v) is 16.2. The number of aromatic hydroxyl groups is 3. The summed E-state index contributed by atoms with van der Waals surface area (Å²) in [6, 6.07) is 19.0. The second kappa shape index (κ2) is 38.9. The zero-order valence-corrected chi connectivity index (χ0v) is 71.0. The third-order valence-electron chi connectivity index (χ3n) is 22.5. The van der Waals surface area contributed by atoms with Crippen molar-refractivity contribution in [1.29, 1.82) is 0 Å². The first-order valence-corrected chi connectivity index (χ1v) is 41.3. The lowest BCUT2D eigenvalue weighted by Crippen LogP contribution is -2.64. The van der Waals surface area contributed by atoms with Crippen molar-refractivity contribution < 1.29 is 122 Å². The van der Waals surface area contributed by atoms with Crippen molar-refractivity contribution in [2.24, 2.45) is 17.4 Å². The van der Waals surface area contributed by atoms with Crippen molar-refractivity contribution in [2.75, 3.05) is 19.0 Å². The van der Waals surface area contributed by atoms with E-state index in [-0.39, 0.29) is 65.1 Å². The van der Waals surface area contributed by atoms with Crippen LogP contribution in [-0.4, -0.2) is 192 Å². The summed E-state index contributed by atoms with van der Waals surface area (Å²) in [4.78, 5) is 136. The van der Waals surface area contributed by atoms with Crippen LogP contribution in [0.2, 0.25) is 10.0 Å². The summed E-state index contributed by atoms with van der Waals surface area (Å²) in [7, 11) is 1.48. The van der Waals surface area contributed by atoms with Crippen molar-refractivity contribution in [3.63, 3.8) is 0 Å². The van der Waals surface area contributed by atoms with Crippen molar-refractivity contribution >= 4 is 82.1 Å². The zero-order valence-electron chi connectivity index (χ0n) is 69.5. The molecule has 0 saturated carbocycles. The molecule has 2 saturated heterocycles. The van der Waals surface area contributed by atoms with Crippen molar-refractivity contribution in [2.45, 2.75) is 183 Å². The molecule has 0 aliphatic carbocycles. The van der Waals surface area contributed by atoms with Crippen LogP contribution in [-0.2, 0) is 65.7 Å². The van der Waals surface area contributed by atoms with Gasteiger partial charge in [-0.15, -0.1) is 0 Å². The van der Waals surface area contributed by atoms with Crippen LogP contribution in [0.4, 0.5) is 5.69 Å². The van der Waals surface area contributed by atoms with Gasteiger partial charge in [0.1, 0.15) is 108 Å². The summed E-state index contributed by atoms with van der Waals surface area (Å²) in [5.74, 6) is -15.2. The minimum absolute atomic E-state index is 0.113. The number of primary amides is 1. The van der Waals surface area contributed by atoms with Gasteiger partial charge in [-0.05, 0) is 164 Å². The number of halogens is 2. The van der Waals surface area contributed by atoms with Gasteiger partial charge in [0, 0.05) is 52.5 Å². The molecule has 0 radical (unpaired) electrons. The van der Waals surface area contributed by atoms with Crippen LogP contribution in [0.5, 0.6) is 51.7 Å². The minimum atomic E-state index is -2.38. The predicted octanol–water partition coefficient (Wildman–Crippen LogP) is 4.79. The second-order valence-electron chi connectivity index (χ2n) is 32.4. The molecule has 0 spiro atoms. The van der Waals surface area contributed by atoms with Gasteiger partial charge in [0.25, 0.3) is 5.91 Å². The number of likely N-dealkylation sites (N-methyl/N-ethyl adjacent to an activating group) is 1. The summed E-state index contributed by atoms with van der Waals surface area (Å²) in [5.41, 5.74) is 11.6. The Hall–Kier alpha value is -12.3. The number of benzene rings is 8. The van der Waals surface area contributed by atoms with Gasteiger partial charge in [-0.25, -0.2) is 0 Å². The fraction of sp³-hybridized carbons (Fsp3) is 0.360. The number of nitrogens with one attached hydrogen (secondary N) is 9. The molecule has 7 heterocycles. The van der Waals surface area contributed by atoms with Crippen molar-refractivity contribution in [3.8, 4) is 62.9 Å². The number of hydrogen-bond acceptors (Lipinski definition) is 27. The molecule has 8 aromatic carbocycles. The number of phenols is 3. The van der Waals surface area contributed by atoms with Crippen LogP contribution in [0.3, 0.4) is 0 Å². The van der Waals surface area contributed by atoms with Gasteiger partial charge in [-0.1, -0.05) is 104 Å². The minimum Gasteiger partial charge on any atom is -0.508 e. The van der Waals surface area contributed by atoms with E-state index in [1.807, 2.05) is 51.1 Å². The Kier molecular flexibility index (Phi) is 28.3. The molecule has 18 atom stereocenters. The standard InChI is InChI=1S/C89H97Cl2N11O25/c1-38(2)24-55(94-7)81(114)101-70-72(108)45-18-22-59(53(90)27-45)123-61-29-47-30-62(77(61)127-88-78(75(111)74(110)63(36-103)125-88)126-65-34-89(6,93)79(112)41(5)122-65)124-60-23-19-46(28-54(60)91)73(109)71-87(120)100-69(83(116)95-35-43-14-11-15-48(25-43)96-80(113)50-20-16-39(3)76(40(50)4)121-37-42-12-9-8-10-13-42)52-31-49(104)32-58(106)66(52)51-26-44(17-21-57(51)105)67(84(117)102-71)99-85(118)68(47)98-82(115)56(33-64(92)107)97-86(70)119/h8-23,25-32,38,41,55-56,63,65,67-75,78-79,88,94,103-106,108-112H,24,33-37,93H2,1-7H3,(H2,92,107)(H,95,116)(H,96,113)(H,97,119)(H,98,115)(H,99,118)(H,100,120)(H,101,114)(H,102,117)/t41-,55+,56-,63+,65-,67+,68?,69+,70+,71-,72+,73+,74+,75-,78+,79+,88-,89-/m0/s1. The number of aliphatic hydroxyl groups excluding tert-OH is 6. The first kappa shape index (κ1) is 92.4. The molecule has 22 N–H and O–H groups in total. The number of fused-ring (bicyclic) bond motifs is 15. The maximum atomic E-state index is 16.4. The second-order valence-corrected chi connectivity index (χ2v) is 33.2. The SMILES string of the molecule is CN[C@H](CC(C)C)C(=O)N[C@H]1C(=O)N[C@@H](CC(N)=O)C(=O)NC2C(=O)N[C@H]3C(=O)N[C@H](C(=O)N[C@@H](C(=O)NCc4cccc(NC(=O)c5ccc(C)c(OCc6ccccc6)c5C)c4)c4cc(O)cc(O)c4-c4cc3ccc4O)[C@H](O)c3ccc(c(Cl)c3)Oc3cc2cc(c3O[C@@H]2O[C@H](CO)[C@@H](O)[C@H](O)[C@H]2O[C@H]2C[C@](C)(N)[C@H](O)[C@H](C)O2)Oc2ccc(cc2Cl)[C@H]1O. The summed E-state index contributed by atoms with van der Waals surface area (Å²) >= 11 is 14.4. The number of anilines is 1. The van der Waals surface area contributed by atoms with E-state index in [9.17, 15) is 60.3 Å². The summed E-state index contributed by atoms with van der Waals surface area (Å²) in [6.07, 6.45) is -18.8. The van der Waals surface area contributed by atoms with Crippen molar-refractivity contribution in [3.05, 3.63) is 211 Å². The van der Waals surface area contributed by atoms with Gasteiger partial charge >= 0.3 is 0 Å². The van der Waals surface area contributed by atoms with Crippen LogP contribution < -0.4 is 78.3 Å². The molecule has 9 amide bonds. The smallest absolute Gasteiger partial charge is 0.256 e. The first-order valence-electron chi connectivity index (χ1n) is 40.5. The highest BCUT2D eigenvalue weighted by atomic mass is 35.5. The summed E-state index contributed by atoms with van der Waals surface area (Å²) in [5, 5.41) is 129. The summed E-state index contributed by atoms with van der Waals surface area (Å²) in [6.45, 7) is 9.14. The Morgan fingerprint density at radius 3 is 1.95 bits per heavy atom. The lowest BCUT2D eigenvalue weighted by molar-refractivity contribution is -0.333. The quantitative estimate of drug-likeness (QED) is 0.0488. The van der Waals surface area contributed by atoms with Gasteiger partial charge in [0.15, 0.2) is 23.9 Å². The normalized spacial score (nSPS) is 25.7. The van der Waals surface area contributed by atoms with Crippen LogP contribution >= 0.6 is 23.2 Å². The molecule has 127 heavy (non-hydrogen) atoms. The number of rotatable bonds is 20. The third kappa shape index (κ3) is 20.6. The van der Waals surface area contributed by atoms with Crippen LogP contribution in [0.15, 0.2) is 146 Å². The van der Waals surface area contributed by atoms with E-state index in [1.165, 1.54) is 39.1 Å². The Labute approximate surface area is 736 Å². The van der Waals surface area contributed by atoms with E-state index in [1.54, 1.807) is 43.3 Å². The van der Waals surface area contributed by atoms with E-state index in [2.05, 4.69) is 47.9 Å². The van der Waals surface area contributed by atoms with Gasteiger partial charge in [-0.2, -0.15) is 0 Å². The number of carbonyl (C=O) groups excluding carboxylic acids is 9. The topological polar surface area (TPSA) is 561 Å². The summed E-state index contributed by atoms with van der Waals surface area (Å²) < 4.78 is 45.0. The molecule has 7 aliphatic heterocycles. The average Bonchev–Trinajstić information content (AvgIpc) is 0.763. The van der Waals surface area contributed by atoms with E-state index in [0.29, 0.717) is 22.4 Å². The zero-order chi connectivity index (χ0) is 91.5. The Balaban J connectivity index is 0.947. The molecule has 15 rings (SSSR count). The largest absolute Gasteiger partial charge is 0.508 e. The molecule has 7 aliphatic rings. The number of hydrogen-bond donors (Lipinski definition) is 20. The number of aryl methyl sites for hydroxylation is 1. The van der Waals surface area contributed by atoms with Gasteiger partial charge in [0.2, 0.25) is 59.3 Å². The van der Waals surface area contributed by atoms with E-state index in [4.69, 9.17) is 67.8 Å². The molecule has 672 valence electrons. The molecular weight excluding hydrogens is 1690 g/mol. The highest BCUT2D eigenvalue weighted by Crippen LogP contribution is 2.50. The number of phenolic OH excluding ortho intramolecular Hbond substituents is 3.